The summed E-state index contributed by atoms with van der Waals surface area (Å²) in [7, 11) is 0. The number of hydrogen-bond donors (Lipinski definition) is 3. The highest BCUT2D eigenvalue weighted by Gasteiger charge is 2.49. The molecule has 8 nitrogen and oxygen atoms in total. The number of hydrogen-bond acceptors (Lipinski definition) is 5. The fraction of sp³-hybridized carbons (Fsp3) is 0.444. The van der Waals surface area contributed by atoms with Crippen molar-refractivity contribution in [3.63, 3.8) is 0 Å². The lowest BCUT2D eigenvalue weighted by atomic mass is 9.71. The number of alkyl carbamates (subject to hydrolysis) is 1. The fourth-order valence-electron chi connectivity index (χ4n) is 5.88. The van der Waals surface area contributed by atoms with Crippen molar-refractivity contribution in [3.05, 3.63) is 59.7 Å². The molecule has 2 amide bonds. The van der Waals surface area contributed by atoms with Gasteiger partial charge in [0.15, 0.2) is 0 Å². The van der Waals surface area contributed by atoms with Crippen LogP contribution in [-0.4, -0.2) is 55.5 Å². The molecule has 3 aliphatic carbocycles. The predicted molar refractivity (Wildman–Crippen MR) is 128 cm³/mol. The first kappa shape index (κ1) is 23.4. The van der Waals surface area contributed by atoms with E-state index >= 15 is 0 Å². The van der Waals surface area contributed by atoms with Crippen LogP contribution in [0.2, 0.25) is 0 Å². The molecule has 0 aliphatic heterocycles. The first-order chi connectivity index (χ1) is 17.0. The summed E-state index contributed by atoms with van der Waals surface area (Å²) in [5.41, 5.74) is 4.67. The minimum absolute atomic E-state index is 0.00449. The number of aliphatic carboxylic acids is 1. The monoisotopic (exact) mass is 478 g/mol. The third-order valence-corrected chi connectivity index (χ3v) is 7.61. The summed E-state index contributed by atoms with van der Waals surface area (Å²) in [4.78, 5) is 35.5. The second kappa shape index (κ2) is 10.1. The van der Waals surface area contributed by atoms with Gasteiger partial charge < -0.3 is 25.2 Å². The van der Waals surface area contributed by atoms with Crippen molar-refractivity contribution in [2.45, 2.75) is 31.2 Å². The zero-order chi connectivity index (χ0) is 24.4. The van der Waals surface area contributed by atoms with Crippen LogP contribution in [-0.2, 0) is 19.1 Å². The van der Waals surface area contributed by atoms with Crippen LogP contribution in [0.4, 0.5) is 4.79 Å². The van der Waals surface area contributed by atoms with Crippen LogP contribution in [0.5, 0.6) is 0 Å². The Morgan fingerprint density at radius 3 is 2.31 bits per heavy atom. The maximum absolute atomic E-state index is 12.2. The SMILES string of the molecule is O=C(COCCNC(=O)OCC1c2ccccc2-c2ccccc21)NC1CC2CC(C(=O)O)CC21. The van der Waals surface area contributed by atoms with Crippen molar-refractivity contribution in [1.82, 2.24) is 10.6 Å². The van der Waals surface area contributed by atoms with Crippen molar-refractivity contribution in [2.75, 3.05) is 26.4 Å². The highest BCUT2D eigenvalue weighted by Crippen LogP contribution is 2.49. The third-order valence-electron chi connectivity index (χ3n) is 7.61. The molecule has 4 atom stereocenters. The molecule has 0 saturated heterocycles. The average molecular weight is 479 g/mol. The van der Waals surface area contributed by atoms with E-state index in [9.17, 15) is 19.5 Å². The van der Waals surface area contributed by atoms with Crippen LogP contribution in [0.25, 0.3) is 11.1 Å². The number of ether oxygens (including phenoxy) is 2. The smallest absolute Gasteiger partial charge is 0.407 e. The molecule has 2 aromatic rings. The molecular weight excluding hydrogens is 448 g/mol. The van der Waals surface area contributed by atoms with Crippen LogP contribution in [0, 0.1) is 17.8 Å². The van der Waals surface area contributed by atoms with Gasteiger partial charge in [-0.15, -0.1) is 0 Å². The third kappa shape index (κ3) is 4.89. The Labute approximate surface area is 204 Å². The van der Waals surface area contributed by atoms with Gasteiger partial charge in [0, 0.05) is 18.5 Å². The molecule has 2 fully saturated rings. The predicted octanol–water partition coefficient (Wildman–Crippen LogP) is 3.16. The van der Waals surface area contributed by atoms with Gasteiger partial charge in [-0.25, -0.2) is 4.79 Å². The Balaban J connectivity index is 0.983. The molecule has 0 spiro atoms. The molecule has 0 aromatic heterocycles. The van der Waals surface area contributed by atoms with Crippen LogP contribution in [0.15, 0.2) is 48.5 Å². The van der Waals surface area contributed by atoms with Gasteiger partial charge in [0.2, 0.25) is 5.91 Å². The van der Waals surface area contributed by atoms with Crippen molar-refractivity contribution >= 4 is 18.0 Å². The first-order valence-corrected chi connectivity index (χ1v) is 12.2. The number of fused-ring (bicyclic) bond motifs is 4. The van der Waals surface area contributed by atoms with E-state index in [0.717, 1.165) is 17.5 Å². The van der Waals surface area contributed by atoms with E-state index < -0.39 is 12.1 Å². The van der Waals surface area contributed by atoms with Crippen LogP contribution < -0.4 is 10.6 Å². The quantitative estimate of drug-likeness (QED) is 0.477. The standard InChI is InChI=1S/C27H30N2O6/c30-25(29-24-13-16-11-17(26(31)32)12-22(16)24)15-34-10-9-28-27(33)35-14-23-20-7-3-1-5-18(20)19-6-2-4-8-21(19)23/h1-8,16-17,22-24H,9-15H2,(H,28,33)(H,29,30)(H,31,32). The molecule has 0 radical (unpaired) electrons. The van der Waals surface area contributed by atoms with Crippen LogP contribution >= 0.6 is 0 Å². The van der Waals surface area contributed by atoms with E-state index in [-0.39, 0.29) is 56.1 Å². The lowest BCUT2D eigenvalue weighted by Crippen LogP contribution is -2.51. The lowest BCUT2D eigenvalue weighted by molar-refractivity contribution is -0.141. The summed E-state index contributed by atoms with van der Waals surface area (Å²) >= 11 is 0. The first-order valence-electron chi connectivity index (χ1n) is 12.2. The molecule has 5 rings (SSSR count). The van der Waals surface area contributed by atoms with Crippen molar-refractivity contribution in [1.29, 1.82) is 0 Å². The maximum Gasteiger partial charge on any atom is 0.407 e. The zero-order valence-electron chi connectivity index (χ0n) is 19.4. The largest absolute Gasteiger partial charge is 0.481 e. The normalized spacial score (nSPS) is 24.0. The van der Waals surface area contributed by atoms with E-state index in [1.807, 2.05) is 24.3 Å². The number of carboxylic acid groups (broad SMARTS) is 1. The van der Waals surface area contributed by atoms with Gasteiger partial charge in [0.1, 0.15) is 13.2 Å². The molecule has 184 valence electrons. The van der Waals surface area contributed by atoms with Gasteiger partial charge in [-0.05, 0) is 53.4 Å². The summed E-state index contributed by atoms with van der Waals surface area (Å²) < 4.78 is 10.9. The number of carbonyl (C=O) groups is 3. The van der Waals surface area contributed by atoms with E-state index in [4.69, 9.17) is 9.47 Å². The second-order valence-corrected chi connectivity index (χ2v) is 9.65. The second-order valence-electron chi connectivity index (χ2n) is 9.65. The van der Waals surface area contributed by atoms with Gasteiger partial charge in [-0.2, -0.15) is 0 Å². The Hall–Kier alpha value is -3.39. The van der Waals surface area contributed by atoms with Crippen LogP contribution in [0.3, 0.4) is 0 Å². The Morgan fingerprint density at radius 1 is 0.943 bits per heavy atom. The molecule has 35 heavy (non-hydrogen) atoms. The fourth-order valence-corrected chi connectivity index (χ4v) is 5.88. The maximum atomic E-state index is 12.2. The molecule has 3 aliphatic rings. The summed E-state index contributed by atoms with van der Waals surface area (Å²) in [6.45, 7) is 0.575. The molecule has 0 bridgehead atoms. The number of carbonyl (C=O) groups excluding carboxylic acids is 2. The summed E-state index contributed by atoms with van der Waals surface area (Å²) in [6.07, 6.45) is 1.67. The highest BCUT2D eigenvalue weighted by molar-refractivity contribution is 5.79. The molecule has 2 aromatic carbocycles. The molecule has 0 heterocycles. The highest BCUT2D eigenvalue weighted by atomic mass is 16.5. The Bertz CT molecular complexity index is 1070. The topological polar surface area (TPSA) is 114 Å². The van der Waals surface area contributed by atoms with E-state index in [1.165, 1.54) is 11.1 Å². The van der Waals surface area contributed by atoms with Crippen molar-refractivity contribution < 1.29 is 29.0 Å². The van der Waals surface area contributed by atoms with Gasteiger partial charge in [-0.1, -0.05) is 48.5 Å². The minimum atomic E-state index is -0.739. The zero-order valence-corrected chi connectivity index (χ0v) is 19.4. The van der Waals surface area contributed by atoms with Crippen LogP contribution in [0.1, 0.15) is 36.3 Å². The number of rotatable bonds is 9. The van der Waals surface area contributed by atoms with E-state index in [2.05, 4.69) is 34.9 Å². The Morgan fingerprint density at radius 2 is 1.63 bits per heavy atom. The van der Waals surface area contributed by atoms with Gasteiger partial charge >= 0.3 is 12.1 Å². The summed E-state index contributed by atoms with van der Waals surface area (Å²) in [5, 5.41) is 14.8. The number of carboxylic acids is 1. The van der Waals surface area contributed by atoms with Gasteiger partial charge in [0.05, 0.1) is 12.5 Å². The van der Waals surface area contributed by atoms with Crippen molar-refractivity contribution in [3.8, 4) is 11.1 Å². The summed E-state index contributed by atoms with van der Waals surface area (Å²) in [5.74, 6) is -0.568. The average Bonchev–Trinajstić information content (AvgIpc) is 3.36. The molecule has 4 unspecified atom stereocenters. The minimum Gasteiger partial charge on any atom is -0.481 e. The molecule has 8 heteroatoms. The van der Waals surface area contributed by atoms with E-state index in [0.29, 0.717) is 18.8 Å². The molecule has 2 saturated carbocycles. The summed E-state index contributed by atoms with van der Waals surface area (Å²) in [6, 6.07) is 16.4. The van der Waals surface area contributed by atoms with Gasteiger partial charge in [0.25, 0.3) is 0 Å². The van der Waals surface area contributed by atoms with Crippen molar-refractivity contribution in [2.24, 2.45) is 17.8 Å². The number of amides is 2. The molecular formula is C27H30N2O6. The van der Waals surface area contributed by atoms with Gasteiger partial charge in [-0.3, -0.25) is 9.59 Å². The Kier molecular flexibility index (Phi) is 6.72. The number of benzene rings is 2. The molecule has 3 N–H and O–H groups in total. The number of nitrogens with one attached hydrogen (secondary N) is 2. The van der Waals surface area contributed by atoms with E-state index in [1.54, 1.807) is 0 Å². The lowest BCUT2D eigenvalue weighted by Gasteiger charge is -2.40.